The summed E-state index contributed by atoms with van der Waals surface area (Å²) in [7, 11) is 4.33. The monoisotopic (exact) mass is 530 g/mol. The molecule has 0 aromatic heterocycles. The van der Waals surface area contributed by atoms with Gasteiger partial charge in [-0.25, -0.2) is 4.99 Å². The Morgan fingerprint density at radius 3 is 2.70 bits per heavy atom. The number of nitrogens with zero attached hydrogens (tertiary/aromatic N) is 2. The van der Waals surface area contributed by atoms with Crippen molar-refractivity contribution in [3.8, 4) is 5.75 Å². The highest BCUT2D eigenvalue weighted by Crippen LogP contribution is 2.34. The van der Waals surface area contributed by atoms with Crippen LogP contribution in [0.1, 0.15) is 37.3 Å². The van der Waals surface area contributed by atoms with Crippen molar-refractivity contribution >= 4 is 29.9 Å². The SMILES string of the molecule is CCNC(=NCc1ccc(C)cc1OCC1CCOC1)NCC(C1CC1)N(C)C.I. The zero-order valence-electron chi connectivity index (χ0n) is 18.9. The summed E-state index contributed by atoms with van der Waals surface area (Å²) in [5.41, 5.74) is 2.33. The summed E-state index contributed by atoms with van der Waals surface area (Å²) >= 11 is 0. The average Bonchev–Trinajstić information content (AvgIpc) is 3.39. The second-order valence-corrected chi connectivity index (χ2v) is 8.60. The largest absolute Gasteiger partial charge is 0.493 e. The van der Waals surface area contributed by atoms with E-state index in [1.807, 2.05) is 0 Å². The maximum absolute atomic E-state index is 6.17. The van der Waals surface area contributed by atoms with Gasteiger partial charge in [-0.15, -0.1) is 24.0 Å². The van der Waals surface area contributed by atoms with Gasteiger partial charge in [0, 0.05) is 37.2 Å². The Hall–Kier alpha value is -1.06. The third-order valence-corrected chi connectivity index (χ3v) is 5.78. The summed E-state index contributed by atoms with van der Waals surface area (Å²) in [6.07, 6.45) is 3.77. The molecule has 1 aromatic carbocycles. The fourth-order valence-electron chi connectivity index (χ4n) is 3.81. The molecule has 0 amide bonds. The van der Waals surface area contributed by atoms with Crippen molar-refractivity contribution in [2.24, 2.45) is 16.8 Å². The fraction of sp³-hybridized carbons (Fsp3) is 0.696. The Morgan fingerprint density at radius 2 is 2.07 bits per heavy atom. The molecule has 2 N–H and O–H groups in total. The molecule has 3 rings (SSSR count). The van der Waals surface area contributed by atoms with Gasteiger partial charge in [-0.3, -0.25) is 0 Å². The van der Waals surface area contributed by atoms with Crippen molar-refractivity contribution in [3.63, 3.8) is 0 Å². The number of hydrogen-bond acceptors (Lipinski definition) is 4. The molecule has 1 aliphatic carbocycles. The predicted octanol–water partition coefficient (Wildman–Crippen LogP) is 3.42. The van der Waals surface area contributed by atoms with E-state index in [0.717, 1.165) is 55.9 Å². The van der Waals surface area contributed by atoms with Crippen LogP contribution in [0.3, 0.4) is 0 Å². The number of guanidine groups is 1. The Bertz CT molecular complexity index is 671. The van der Waals surface area contributed by atoms with E-state index >= 15 is 0 Å². The van der Waals surface area contributed by atoms with Crippen molar-refractivity contribution in [2.45, 2.75) is 45.7 Å². The predicted molar refractivity (Wildman–Crippen MR) is 134 cm³/mol. The molecule has 2 fully saturated rings. The van der Waals surface area contributed by atoms with Gasteiger partial charge in [0.1, 0.15) is 5.75 Å². The van der Waals surface area contributed by atoms with Crippen molar-refractivity contribution < 1.29 is 9.47 Å². The van der Waals surface area contributed by atoms with E-state index in [9.17, 15) is 0 Å². The van der Waals surface area contributed by atoms with Crippen LogP contribution in [0.4, 0.5) is 0 Å². The van der Waals surface area contributed by atoms with Gasteiger partial charge >= 0.3 is 0 Å². The molecule has 7 heteroatoms. The molecule has 2 aliphatic rings. The lowest BCUT2D eigenvalue weighted by molar-refractivity contribution is 0.166. The van der Waals surface area contributed by atoms with Crippen molar-refractivity contribution in [2.75, 3.05) is 47.0 Å². The van der Waals surface area contributed by atoms with Gasteiger partial charge < -0.3 is 25.0 Å². The molecule has 0 radical (unpaired) electrons. The van der Waals surface area contributed by atoms with Crippen LogP contribution in [-0.2, 0) is 11.3 Å². The van der Waals surface area contributed by atoms with Crippen LogP contribution in [0.2, 0.25) is 0 Å². The smallest absolute Gasteiger partial charge is 0.191 e. The van der Waals surface area contributed by atoms with Gasteiger partial charge in [-0.2, -0.15) is 0 Å². The van der Waals surface area contributed by atoms with E-state index in [1.54, 1.807) is 0 Å². The van der Waals surface area contributed by atoms with E-state index in [2.05, 4.69) is 61.7 Å². The van der Waals surface area contributed by atoms with Crippen LogP contribution >= 0.6 is 24.0 Å². The van der Waals surface area contributed by atoms with Crippen molar-refractivity contribution in [1.82, 2.24) is 15.5 Å². The summed E-state index contributed by atoms with van der Waals surface area (Å²) in [6.45, 7) is 8.94. The van der Waals surface area contributed by atoms with Crippen LogP contribution in [0.5, 0.6) is 5.75 Å². The van der Waals surface area contributed by atoms with E-state index in [0.29, 0.717) is 25.1 Å². The number of aryl methyl sites for hydroxylation is 1. The summed E-state index contributed by atoms with van der Waals surface area (Å²) < 4.78 is 11.6. The number of nitrogens with one attached hydrogen (secondary N) is 2. The number of likely N-dealkylation sites (N-methyl/N-ethyl adjacent to an activating group) is 1. The first kappa shape index (κ1) is 25.2. The molecule has 2 unspecified atom stereocenters. The molecule has 6 nitrogen and oxygen atoms in total. The van der Waals surface area contributed by atoms with Crippen LogP contribution < -0.4 is 15.4 Å². The lowest BCUT2D eigenvalue weighted by Gasteiger charge is -2.25. The number of benzene rings is 1. The Balaban J connectivity index is 0.00000320. The van der Waals surface area contributed by atoms with Crippen LogP contribution in [-0.4, -0.2) is 63.9 Å². The Morgan fingerprint density at radius 1 is 1.27 bits per heavy atom. The first-order valence-corrected chi connectivity index (χ1v) is 11.1. The first-order chi connectivity index (χ1) is 14.1. The molecular weight excluding hydrogens is 491 g/mol. The minimum atomic E-state index is 0. The third-order valence-electron chi connectivity index (χ3n) is 5.78. The summed E-state index contributed by atoms with van der Waals surface area (Å²) in [6, 6.07) is 6.95. The molecule has 1 heterocycles. The second kappa shape index (κ2) is 12.7. The summed E-state index contributed by atoms with van der Waals surface area (Å²) in [5.74, 6) is 3.13. The minimum Gasteiger partial charge on any atom is -0.493 e. The molecule has 0 spiro atoms. The molecule has 1 saturated carbocycles. The molecule has 2 atom stereocenters. The summed E-state index contributed by atoms with van der Waals surface area (Å²) in [5, 5.41) is 6.92. The third kappa shape index (κ3) is 7.89. The number of rotatable bonds is 10. The molecule has 30 heavy (non-hydrogen) atoms. The number of hydrogen-bond donors (Lipinski definition) is 2. The number of halogens is 1. The highest BCUT2D eigenvalue weighted by molar-refractivity contribution is 14.0. The van der Waals surface area contributed by atoms with E-state index in [1.165, 1.54) is 18.4 Å². The van der Waals surface area contributed by atoms with E-state index < -0.39 is 0 Å². The van der Waals surface area contributed by atoms with Gasteiger partial charge in [-0.1, -0.05) is 12.1 Å². The summed E-state index contributed by atoms with van der Waals surface area (Å²) in [4.78, 5) is 7.16. The fourth-order valence-corrected chi connectivity index (χ4v) is 3.81. The van der Waals surface area contributed by atoms with Crippen LogP contribution in [0, 0.1) is 18.8 Å². The van der Waals surface area contributed by atoms with Crippen molar-refractivity contribution in [3.05, 3.63) is 29.3 Å². The lowest BCUT2D eigenvalue weighted by atomic mass is 10.1. The average molecular weight is 530 g/mol. The van der Waals surface area contributed by atoms with Crippen molar-refractivity contribution in [1.29, 1.82) is 0 Å². The minimum absolute atomic E-state index is 0. The van der Waals surface area contributed by atoms with Gasteiger partial charge in [-0.05, 0) is 64.8 Å². The number of ether oxygens (including phenoxy) is 2. The van der Waals surface area contributed by atoms with E-state index in [-0.39, 0.29) is 24.0 Å². The van der Waals surface area contributed by atoms with Gasteiger partial charge in [0.15, 0.2) is 5.96 Å². The van der Waals surface area contributed by atoms with Gasteiger partial charge in [0.25, 0.3) is 0 Å². The topological polar surface area (TPSA) is 58.1 Å². The number of aliphatic imine (C=N–C) groups is 1. The Kier molecular flexibility index (Phi) is 10.7. The zero-order valence-corrected chi connectivity index (χ0v) is 21.3. The maximum atomic E-state index is 6.17. The van der Waals surface area contributed by atoms with E-state index in [4.69, 9.17) is 14.5 Å². The van der Waals surface area contributed by atoms with Crippen LogP contribution in [0.15, 0.2) is 23.2 Å². The first-order valence-electron chi connectivity index (χ1n) is 11.1. The molecule has 0 bridgehead atoms. The highest BCUT2D eigenvalue weighted by atomic mass is 127. The standard InChI is InChI=1S/C23H38N4O2.HI/c1-5-24-23(26-14-21(27(3)4)19-8-9-19)25-13-20-7-6-17(2)12-22(20)29-16-18-10-11-28-15-18;/h6-7,12,18-19,21H,5,8-11,13-16H2,1-4H3,(H2,24,25,26);1H. The Labute approximate surface area is 199 Å². The van der Waals surface area contributed by atoms with Gasteiger partial charge in [0.05, 0.1) is 19.8 Å². The molecule has 1 saturated heterocycles. The quantitative estimate of drug-likeness (QED) is 0.276. The normalized spacial score (nSPS) is 20.0. The maximum Gasteiger partial charge on any atom is 0.191 e. The molecule has 1 aliphatic heterocycles. The lowest BCUT2D eigenvalue weighted by Crippen LogP contribution is -2.46. The molecule has 170 valence electrons. The molecular formula is C23H39IN4O2. The van der Waals surface area contributed by atoms with Gasteiger partial charge in [0.2, 0.25) is 0 Å². The molecule has 1 aromatic rings. The zero-order chi connectivity index (χ0) is 20.6. The highest BCUT2D eigenvalue weighted by Gasteiger charge is 2.32. The van der Waals surface area contributed by atoms with Crippen LogP contribution in [0.25, 0.3) is 0 Å². The second-order valence-electron chi connectivity index (χ2n) is 8.60.